The van der Waals surface area contributed by atoms with E-state index in [4.69, 9.17) is 15.3 Å². The number of aliphatic carboxylic acids is 2. The lowest BCUT2D eigenvalue weighted by Gasteiger charge is -2.14. The van der Waals surface area contributed by atoms with Crippen LogP contribution in [0.25, 0.3) is 0 Å². The van der Waals surface area contributed by atoms with Crippen molar-refractivity contribution in [3.8, 4) is 11.5 Å². The number of phenolic OH excluding ortho intramolecular Hbond substituents is 2. The van der Waals surface area contributed by atoms with Crippen molar-refractivity contribution in [2.75, 3.05) is 0 Å². The summed E-state index contributed by atoms with van der Waals surface area (Å²) in [5.41, 5.74) is -0.218. The highest BCUT2D eigenvalue weighted by Gasteiger charge is 2.22. The van der Waals surface area contributed by atoms with Gasteiger partial charge in [0, 0.05) is 12.5 Å². The van der Waals surface area contributed by atoms with E-state index in [1.54, 1.807) is 0 Å². The van der Waals surface area contributed by atoms with E-state index in [0.717, 1.165) is 18.2 Å². The maximum Gasteiger partial charge on any atom is 0.326 e. The van der Waals surface area contributed by atoms with Crippen LogP contribution in [0.2, 0.25) is 0 Å². The van der Waals surface area contributed by atoms with Gasteiger partial charge in [0.1, 0.15) is 17.5 Å². The van der Waals surface area contributed by atoms with E-state index in [9.17, 15) is 19.5 Å². The first-order chi connectivity index (χ1) is 9.31. The second-order valence-corrected chi connectivity index (χ2v) is 4.00. The summed E-state index contributed by atoms with van der Waals surface area (Å²) < 4.78 is 0. The van der Waals surface area contributed by atoms with Crippen LogP contribution >= 0.6 is 0 Å². The molecule has 0 bridgehead atoms. The largest absolute Gasteiger partial charge is 0.508 e. The van der Waals surface area contributed by atoms with Gasteiger partial charge < -0.3 is 25.7 Å². The highest BCUT2D eigenvalue weighted by molar-refractivity contribution is 5.99. The Bertz CT molecular complexity index is 541. The molecule has 0 spiro atoms. The van der Waals surface area contributed by atoms with Crippen molar-refractivity contribution in [2.45, 2.75) is 18.9 Å². The summed E-state index contributed by atoms with van der Waals surface area (Å²) >= 11 is 0. The Morgan fingerprint density at radius 1 is 1.15 bits per heavy atom. The minimum Gasteiger partial charge on any atom is -0.508 e. The quantitative estimate of drug-likeness (QED) is 0.499. The minimum absolute atomic E-state index is 0.218. The number of carbonyl (C=O) groups is 3. The fourth-order valence-electron chi connectivity index (χ4n) is 1.47. The van der Waals surface area contributed by atoms with Crippen LogP contribution in [0.3, 0.4) is 0 Å². The average Bonchev–Trinajstić information content (AvgIpc) is 2.33. The highest BCUT2D eigenvalue weighted by atomic mass is 16.4. The van der Waals surface area contributed by atoms with Crippen molar-refractivity contribution in [3.63, 3.8) is 0 Å². The average molecular weight is 283 g/mol. The second kappa shape index (κ2) is 6.41. The SMILES string of the molecule is O=C(O)CCC(NC(=O)c1ccc(O)cc1O)C(=O)O. The third-order valence-electron chi connectivity index (χ3n) is 2.48. The third kappa shape index (κ3) is 4.16. The molecule has 0 aromatic heterocycles. The number of carboxylic acids is 2. The molecule has 8 heteroatoms. The molecular weight excluding hydrogens is 270 g/mol. The Morgan fingerprint density at radius 2 is 1.80 bits per heavy atom. The molecule has 1 atom stereocenters. The lowest BCUT2D eigenvalue weighted by Crippen LogP contribution is -2.41. The van der Waals surface area contributed by atoms with Gasteiger partial charge in [-0.1, -0.05) is 0 Å². The highest BCUT2D eigenvalue weighted by Crippen LogP contribution is 2.22. The summed E-state index contributed by atoms with van der Waals surface area (Å²) in [6, 6.07) is 1.83. The van der Waals surface area contributed by atoms with Gasteiger partial charge in [0.05, 0.1) is 5.56 Å². The molecule has 0 radical (unpaired) electrons. The van der Waals surface area contributed by atoms with E-state index in [-0.39, 0.29) is 17.7 Å². The summed E-state index contributed by atoms with van der Waals surface area (Å²) in [6.45, 7) is 0. The monoisotopic (exact) mass is 283 g/mol. The van der Waals surface area contributed by atoms with Crippen molar-refractivity contribution in [2.24, 2.45) is 0 Å². The van der Waals surface area contributed by atoms with Crippen molar-refractivity contribution in [1.82, 2.24) is 5.32 Å². The van der Waals surface area contributed by atoms with Crippen LogP contribution < -0.4 is 5.32 Å². The number of phenols is 2. The predicted octanol–water partition coefficient (Wildman–Crippen LogP) is 0.146. The Balaban J connectivity index is 2.80. The lowest BCUT2D eigenvalue weighted by atomic mass is 10.1. The van der Waals surface area contributed by atoms with Gasteiger partial charge in [0.2, 0.25) is 0 Å². The first kappa shape index (κ1) is 15.3. The maximum absolute atomic E-state index is 11.8. The van der Waals surface area contributed by atoms with Crippen LogP contribution in [0.15, 0.2) is 18.2 Å². The Kier molecular flexibility index (Phi) is 4.90. The number of rotatable bonds is 6. The fraction of sp³-hybridized carbons (Fsp3) is 0.250. The van der Waals surface area contributed by atoms with Crippen LogP contribution in [-0.4, -0.2) is 44.3 Å². The minimum atomic E-state index is -1.38. The molecule has 1 aromatic carbocycles. The van der Waals surface area contributed by atoms with E-state index >= 15 is 0 Å². The van der Waals surface area contributed by atoms with Gasteiger partial charge in [-0.05, 0) is 18.6 Å². The summed E-state index contributed by atoms with van der Waals surface area (Å²) in [5, 5.41) is 38.0. The number of nitrogens with one attached hydrogen (secondary N) is 1. The molecule has 1 aromatic rings. The van der Waals surface area contributed by atoms with Gasteiger partial charge in [0.15, 0.2) is 0 Å². The van der Waals surface area contributed by atoms with Gasteiger partial charge in [-0.2, -0.15) is 0 Å². The molecule has 0 saturated carbocycles. The first-order valence-electron chi connectivity index (χ1n) is 5.58. The molecule has 108 valence electrons. The topological polar surface area (TPSA) is 144 Å². The lowest BCUT2D eigenvalue weighted by molar-refractivity contribution is -0.140. The summed E-state index contributed by atoms with van der Waals surface area (Å²) in [5.74, 6) is -4.19. The van der Waals surface area contributed by atoms with Crippen molar-refractivity contribution >= 4 is 17.8 Å². The van der Waals surface area contributed by atoms with Gasteiger partial charge in [-0.3, -0.25) is 9.59 Å². The molecule has 0 saturated heterocycles. The zero-order chi connectivity index (χ0) is 15.3. The van der Waals surface area contributed by atoms with Gasteiger partial charge in [0.25, 0.3) is 5.91 Å². The molecule has 0 fully saturated rings. The zero-order valence-corrected chi connectivity index (χ0v) is 10.2. The number of hydrogen-bond donors (Lipinski definition) is 5. The standard InChI is InChI=1S/C12H13NO7/c14-6-1-2-7(9(15)5-6)11(18)13-8(12(19)20)3-4-10(16)17/h1-2,5,8,14-15H,3-4H2,(H,13,18)(H,16,17)(H,19,20). The van der Waals surface area contributed by atoms with Crippen molar-refractivity contribution < 1.29 is 34.8 Å². The number of amides is 1. The van der Waals surface area contributed by atoms with Gasteiger partial charge >= 0.3 is 11.9 Å². The molecule has 20 heavy (non-hydrogen) atoms. The molecule has 5 N–H and O–H groups in total. The van der Waals surface area contributed by atoms with Gasteiger partial charge in [-0.25, -0.2) is 4.79 Å². The van der Waals surface area contributed by atoms with E-state index in [2.05, 4.69) is 5.32 Å². The molecular formula is C12H13NO7. The predicted molar refractivity (Wildman–Crippen MR) is 65.5 cm³/mol. The van der Waals surface area contributed by atoms with Crippen LogP contribution in [-0.2, 0) is 9.59 Å². The van der Waals surface area contributed by atoms with E-state index in [0.29, 0.717) is 0 Å². The molecule has 0 heterocycles. The Hall–Kier alpha value is -2.77. The summed E-state index contributed by atoms with van der Waals surface area (Å²) in [7, 11) is 0. The molecule has 1 rings (SSSR count). The van der Waals surface area contributed by atoms with Crippen LogP contribution in [0.5, 0.6) is 11.5 Å². The molecule has 0 aliphatic carbocycles. The maximum atomic E-state index is 11.8. The zero-order valence-electron chi connectivity index (χ0n) is 10.2. The number of benzene rings is 1. The fourth-order valence-corrected chi connectivity index (χ4v) is 1.47. The molecule has 0 aliphatic heterocycles. The van der Waals surface area contributed by atoms with E-state index < -0.39 is 36.1 Å². The van der Waals surface area contributed by atoms with Crippen molar-refractivity contribution in [1.29, 1.82) is 0 Å². The normalized spacial score (nSPS) is 11.6. The molecule has 8 nitrogen and oxygen atoms in total. The first-order valence-corrected chi connectivity index (χ1v) is 5.58. The van der Waals surface area contributed by atoms with E-state index in [1.807, 2.05) is 0 Å². The molecule has 1 amide bonds. The number of aromatic hydroxyl groups is 2. The smallest absolute Gasteiger partial charge is 0.326 e. The van der Waals surface area contributed by atoms with Crippen LogP contribution in [0.4, 0.5) is 0 Å². The molecule has 0 aliphatic rings. The van der Waals surface area contributed by atoms with Crippen LogP contribution in [0, 0.1) is 0 Å². The number of hydrogen-bond acceptors (Lipinski definition) is 5. The van der Waals surface area contributed by atoms with Crippen LogP contribution in [0.1, 0.15) is 23.2 Å². The Morgan fingerprint density at radius 3 is 2.30 bits per heavy atom. The summed E-state index contributed by atoms with van der Waals surface area (Å²) in [6.07, 6.45) is -0.700. The number of carbonyl (C=O) groups excluding carboxylic acids is 1. The number of carboxylic acid groups (broad SMARTS) is 2. The third-order valence-corrected chi connectivity index (χ3v) is 2.48. The van der Waals surface area contributed by atoms with Crippen molar-refractivity contribution in [3.05, 3.63) is 23.8 Å². The molecule has 1 unspecified atom stereocenters. The summed E-state index contributed by atoms with van der Waals surface area (Å²) in [4.78, 5) is 33.1. The Labute approximate surface area is 113 Å². The van der Waals surface area contributed by atoms with Gasteiger partial charge in [-0.15, -0.1) is 0 Å². The second-order valence-electron chi connectivity index (χ2n) is 4.00. The van der Waals surface area contributed by atoms with E-state index in [1.165, 1.54) is 0 Å².